The van der Waals surface area contributed by atoms with Gasteiger partial charge in [-0.1, -0.05) is 26.0 Å². The topological polar surface area (TPSA) is 55.8 Å². The van der Waals surface area contributed by atoms with Crippen molar-refractivity contribution in [3.05, 3.63) is 29.8 Å². The van der Waals surface area contributed by atoms with E-state index in [1.165, 1.54) is 17.6 Å². The highest BCUT2D eigenvalue weighted by Crippen LogP contribution is 2.20. The molecule has 0 aliphatic carbocycles. The van der Waals surface area contributed by atoms with Crippen LogP contribution in [0.5, 0.6) is 5.75 Å². The van der Waals surface area contributed by atoms with Gasteiger partial charge in [0, 0.05) is 13.6 Å². The average molecular weight is 293 g/mol. The molecule has 0 unspecified atom stereocenters. The Balaban J connectivity index is 2.45. The Kier molecular flexibility index (Phi) is 6.72. The van der Waals surface area contributed by atoms with Gasteiger partial charge in [0.1, 0.15) is 5.75 Å². The van der Waals surface area contributed by atoms with Gasteiger partial charge in [-0.3, -0.25) is 9.59 Å². The number of rotatable bonds is 7. The highest BCUT2D eigenvalue weighted by atomic mass is 16.5. The van der Waals surface area contributed by atoms with E-state index >= 15 is 0 Å². The first-order valence-corrected chi connectivity index (χ1v) is 6.97. The zero-order chi connectivity index (χ0) is 15.8. The maximum atomic E-state index is 11.9. The number of nitrogens with zero attached hydrogens (tertiary/aromatic N) is 1. The van der Waals surface area contributed by atoms with Crippen LogP contribution in [0.3, 0.4) is 0 Å². The molecule has 5 heteroatoms. The third kappa shape index (κ3) is 5.85. The lowest BCUT2D eigenvalue weighted by Gasteiger charge is -2.17. The minimum atomic E-state index is -0.333. The van der Waals surface area contributed by atoms with E-state index in [0.717, 1.165) is 0 Å². The highest BCUT2D eigenvalue weighted by molar-refractivity contribution is 5.78. The molecule has 1 aromatic rings. The molecule has 0 saturated carbocycles. The third-order valence-electron chi connectivity index (χ3n) is 3.19. The monoisotopic (exact) mass is 293 g/mol. The van der Waals surface area contributed by atoms with Gasteiger partial charge < -0.3 is 14.4 Å². The molecule has 0 aliphatic heterocycles. The minimum Gasteiger partial charge on any atom is -0.484 e. The van der Waals surface area contributed by atoms with Gasteiger partial charge >= 0.3 is 5.97 Å². The fraction of sp³-hybridized carbons (Fsp3) is 0.500. The molecule has 0 heterocycles. The van der Waals surface area contributed by atoms with E-state index in [1.54, 1.807) is 7.05 Å². The van der Waals surface area contributed by atoms with E-state index in [2.05, 4.69) is 18.6 Å². The predicted molar refractivity (Wildman–Crippen MR) is 80.3 cm³/mol. The maximum absolute atomic E-state index is 11.9. The summed E-state index contributed by atoms with van der Waals surface area (Å²) >= 11 is 0. The van der Waals surface area contributed by atoms with Crippen molar-refractivity contribution in [1.29, 1.82) is 0 Å². The van der Waals surface area contributed by atoms with Gasteiger partial charge in [0.05, 0.1) is 13.5 Å². The van der Waals surface area contributed by atoms with Crippen molar-refractivity contribution in [2.75, 3.05) is 27.3 Å². The molecule has 0 fully saturated rings. The lowest BCUT2D eigenvalue weighted by molar-refractivity contribution is -0.141. The van der Waals surface area contributed by atoms with E-state index in [-0.39, 0.29) is 24.9 Å². The summed E-state index contributed by atoms with van der Waals surface area (Å²) < 4.78 is 10.0. The summed E-state index contributed by atoms with van der Waals surface area (Å²) in [4.78, 5) is 24.4. The molecule has 5 nitrogen and oxygen atoms in total. The van der Waals surface area contributed by atoms with Gasteiger partial charge in [0.25, 0.3) is 5.91 Å². The van der Waals surface area contributed by atoms with Crippen LogP contribution in [0, 0.1) is 0 Å². The molecule has 0 aromatic heterocycles. The Labute approximate surface area is 125 Å². The lowest BCUT2D eigenvalue weighted by Crippen LogP contribution is -2.33. The number of hydrogen-bond donors (Lipinski definition) is 0. The number of methoxy groups -OCH3 is 1. The number of amides is 1. The van der Waals surface area contributed by atoms with Gasteiger partial charge in [-0.05, 0) is 23.6 Å². The number of carbonyl (C=O) groups excluding carboxylic acids is 2. The Hall–Kier alpha value is -2.04. The van der Waals surface area contributed by atoms with Crippen LogP contribution >= 0.6 is 0 Å². The SMILES string of the molecule is COC(=O)CCN(C)C(=O)COc1cccc(C(C)C)c1. The van der Waals surface area contributed by atoms with E-state index < -0.39 is 0 Å². The third-order valence-corrected chi connectivity index (χ3v) is 3.19. The summed E-state index contributed by atoms with van der Waals surface area (Å²) in [7, 11) is 2.97. The van der Waals surface area contributed by atoms with Crippen LogP contribution in [-0.4, -0.2) is 44.1 Å². The number of hydrogen-bond acceptors (Lipinski definition) is 4. The van der Waals surface area contributed by atoms with Crippen molar-refractivity contribution in [2.24, 2.45) is 0 Å². The summed E-state index contributed by atoms with van der Waals surface area (Å²) in [6, 6.07) is 7.71. The molecule has 0 atom stereocenters. The van der Waals surface area contributed by atoms with Crippen LogP contribution in [-0.2, 0) is 14.3 Å². The Morgan fingerprint density at radius 1 is 1.29 bits per heavy atom. The van der Waals surface area contributed by atoms with Gasteiger partial charge in [-0.25, -0.2) is 0 Å². The Bertz CT molecular complexity index is 485. The zero-order valence-electron chi connectivity index (χ0n) is 13.1. The molecule has 0 radical (unpaired) electrons. The summed E-state index contributed by atoms with van der Waals surface area (Å²) in [5.41, 5.74) is 1.17. The van der Waals surface area contributed by atoms with Crippen molar-refractivity contribution in [1.82, 2.24) is 4.90 Å². The largest absolute Gasteiger partial charge is 0.484 e. The van der Waals surface area contributed by atoms with E-state index in [9.17, 15) is 9.59 Å². The minimum absolute atomic E-state index is 0.0424. The van der Waals surface area contributed by atoms with Crippen LogP contribution in [0.1, 0.15) is 31.7 Å². The summed E-state index contributed by atoms with van der Waals surface area (Å²) in [6.45, 7) is 4.48. The molecular formula is C16H23NO4. The number of likely N-dealkylation sites (N-methyl/N-ethyl adjacent to an activating group) is 1. The second-order valence-electron chi connectivity index (χ2n) is 5.16. The summed E-state index contributed by atoms with van der Waals surface area (Å²) in [6.07, 6.45) is 0.182. The lowest BCUT2D eigenvalue weighted by atomic mass is 10.0. The van der Waals surface area contributed by atoms with Crippen LogP contribution in [0.25, 0.3) is 0 Å². The quantitative estimate of drug-likeness (QED) is 0.723. The van der Waals surface area contributed by atoms with Crippen LogP contribution in [0.4, 0.5) is 0 Å². The van der Waals surface area contributed by atoms with Crippen molar-refractivity contribution in [2.45, 2.75) is 26.2 Å². The number of ether oxygens (including phenoxy) is 2. The first-order valence-electron chi connectivity index (χ1n) is 6.97. The number of esters is 1. The molecule has 1 aromatic carbocycles. The first kappa shape index (κ1) is 17.0. The van der Waals surface area contributed by atoms with E-state index in [0.29, 0.717) is 18.2 Å². The van der Waals surface area contributed by atoms with Gasteiger partial charge in [0.2, 0.25) is 0 Å². The highest BCUT2D eigenvalue weighted by Gasteiger charge is 2.12. The molecule has 116 valence electrons. The van der Waals surface area contributed by atoms with Crippen molar-refractivity contribution in [3.63, 3.8) is 0 Å². The molecule has 1 amide bonds. The van der Waals surface area contributed by atoms with Crippen molar-refractivity contribution < 1.29 is 19.1 Å². The van der Waals surface area contributed by atoms with Crippen LogP contribution < -0.4 is 4.74 Å². The molecule has 21 heavy (non-hydrogen) atoms. The van der Waals surface area contributed by atoms with Crippen LogP contribution in [0.2, 0.25) is 0 Å². The van der Waals surface area contributed by atoms with Crippen molar-refractivity contribution in [3.8, 4) is 5.75 Å². The van der Waals surface area contributed by atoms with Gasteiger partial charge in [0.15, 0.2) is 6.61 Å². The fourth-order valence-electron chi connectivity index (χ4n) is 1.70. The van der Waals surface area contributed by atoms with Crippen molar-refractivity contribution >= 4 is 11.9 Å². The molecule has 0 aliphatic rings. The molecule has 1 rings (SSSR count). The zero-order valence-corrected chi connectivity index (χ0v) is 13.1. The molecule has 0 bridgehead atoms. The number of carbonyl (C=O) groups is 2. The second kappa shape index (κ2) is 8.29. The standard InChI is InChI=1S/C16H23NO4/c1-12(2)13-6-5-7-14(10-13)21-11-15(18)17(3)9-8-16(19)20-4/h5-7,10,12H,8-9,11H2,1-4H3. The molecule has 0 N–H and O–H groups in total. The first-order chi connectivity index (χ1) is 9.93. The normalized spacial score (nSPS) is 10.3. The second-order valence-corrected chi connectivity index (χ2v) is 5.16. The average Bonchev–Trinajstić information content (AvgIpc) is 2.49. The van der Waals surface area contributed by atoms with Gasteiger partial charge in [-0.15, -0.1) is 0 Å². The summed E-state index contributed by atoms with van der Waals surface area (Å²) in [5, 5.41) is 0. The smallest absolute Gasteiger partial charge is 0.307 e. The van der Waals surface area contributed by atoms with E-state index in [4.69, 9.17) is 4.74 Å². The predicted octanol–water partition coefficient (Wildman–Crippen LogP) is 2.21. The molecule has 0 saturated heterocycles. The number of benzene rings is 1. The van der Waals surface area contributed by atoms with Crippen LogP contribution in [0.15, 0.2) is 24.3 Å². The Morgan fingerprint density at radius 3 is 2.62 bits per heavy atom. The fourth-order valence-corrected chi connectivity index (χ4v) is 1.70. The van der Waals surface area contributed by atoms with E-state index in [1.807, 2.05) is 24.3 Å². The molecular weight excluding hydrogens is 270 g/mol. The maximum Gasteiger partial charge on any atom is 0.307 e. The Morgan fingerprint density at radius 2 is 2.00 bits per heavy atom. The molecule has 0 spiro atoms. The van der Waals surface area contributed by atoms with Gasteiger partial charge in [-0.2, -0.15) is 0 Å². The summed E-state index contributed by atoms with van der Waals surface area (Å²) in [5.74, 6) is 0.581.